The fourth-order valence-corrected chi connectivity index (χ4v) is 5.72. The third kappa shape index (κ3) is 3.25. The van der Waals surface area contributed by atoms with Gasteiger partial charge in [0.2, 0.25) is 0 Å². The Morgan fingerprint density at radius 1 is 0.682 bits per heavy atom. The second kappa shape index (κ2) is 6.66. The first-order valence-electron chi connectivity index (χ1n) is 7.52. The van der Waals surface area contributed by atoms with E-state index in [0.717, 1.165) is 0 Å². The van der Waals surface area contributed by atoms with Crippen molar-refractivity contribution >= 4 is 0 Å². The summed E-state index contributed by atoms with van der Waals surface area (Å²) in [7, 11) is 0. The van der Waals surface area contributed by atoms with Crippen molar-refractivity contribution in [2.45, 2.75) is 20.8 Å². The molecule has 0 amide bonds. The van der Waals surface area contributed by atoms with Crippen molar-refractivity contribution in [1.29, 1.82) is 0 Å². The Kier molecular flexibility index (Phi) is 4.63. The molecule has 0 saturated heterocycles. The molecule has 0 spiro atoms. The molecule has 3 rings (SSSR count). The zero-order valence-electron chi connectivity index (χ0n) is 13.2. The Labute approximate surface area is 143 Å². The summed E-state index contributed by atoms with van der Waals surface area (Å²) in [5, 5.41) is 0. The predicted molar refractivity (Wildman–Crippen MR) is 89.9 cm³/mol. The van der Waals surface area contributed by atoms with Crippen LogP contribution in [0.25, 0.3) is 11.1 Å². The number of rotatable bonds is 3. The first kappa shape index (κ1) is 15.3. The monoisotopic (exact) mass is 399 g/mol. The van der Waals surface area contributed by atoms with Crippen LogP contribution in [0.1, 0.15) is 16.7 Å². The van der Waals surface area contributed by atoms with Gasteiger partial charge in [0, 0.05) is 0 Å². The van der Waals surface area contributed by atoms with Crippen LogP contribution in [0.3, 0.4) is 0 Å². The summed E-state index contributed by atoms with van der Waals surface area (Å²) < 4.78 is 3.07. The van der Waals surface area contributed by atoms with Gasteiger partial charge in [-0.25, -0.2) is 0 Å². The van der Waals surface area contributed by atoms with Crippen LogP contribution in [0.5, 0.6) is 0 Å². The van der Waals surface area contributed by atoms with Gasteiger partial charge in [-0.2, -0.15) is 0 Å². The summed E-state index contributed by atoms with van der Waals surface area (Å²) in [5.41, 5.74) is 6.94. The van der Waals surface area contributed by atoms with E-state index in [9.17, 15) is 0 Å². The second-order valence-electron chi connectivity index (χ2n) is 5.65. The Morgan fingerprint density at radius 2 is 1.27 bits per heavy atom. The van der Waals surface area contributed by atoms with E-state index in [1.165, 1.54) is 31.4 Å². The summed E-state index contributed by atoms with van der Waals surface area (Å²) in [4.78, 5) is 0. The van der Waals surface area contributed by atoms with Crippen LogP contribution in [0, 0.1) is 27.9 Å². The third-order valence-corrected chi connectivity index (χ3v) is 7.50. The van der Waals surface area contributed by atoms with Gasteiger partial charge in [0.25, 0.3) is 0 Å². The molecule has 112 valence electrons. The third-order valence-electron chi connectivity index (χ3n) is 3.74. The van der Waals surface area contributed by atoms with Gasteiger partial charge in [-0.05, 0) is 0 Å². The number of hydrogen-bond donors (Lipinski definition) is 0. The molecule has 3 aromatic carbocycles. The van der Waals surface area contributed by atoms with E-state index in [4.69, 9.17) is 0 Å². The van der Waals surface area contributed by atoms with E-state index in [-0.39, 0.29) is 21.2 Å². The first-order chi connectivity index (χ1) is 10.6. The molecule has 0 heterocycles. The average molecular weight is 399 g/mol. The SMILES string of the molecule is Cc1cc(C)c([I-]c2ccccc2-c2ccccc2)c(C)c1. The molecule has 0 aliphatic heterocycles. The van der Waals surface area contributed by atoms with Crippen molar-refractivity contribution in [1.82, 2.24) is 0 Å². The number of hydrogen-bond acceptors (Lipinski definition) is 0. The van der Waals surface area contributed by atoms with Gasteiger partial charge < -0.3 is 0 Å². The summed E-state index contributed by atoms with van der Waals surface area (Å²) >= 11 is -0.175. The second-order valence-corrected chi connectivity index (χ2v) is 8.43. The van der Waals surface area contributed by atoms with Crippen LogP contribution in [0.15, 0.2) is 66.7 Å². The van der Waals surface area contributed by atoms with Gasteiger partial charge in [0.05, 0.1) is 0 Å². The van der Waals surface area contributed by atoms with E-state index in [2.05, 4.69) is 87.5 Å². The molecule has 0 aliphatic carbocycles. The van der Waals surface area contributed by atoms with Crippen LogP contribution >= 0.6 is 0 Å². The van der Waals surface area contributed by atoms with Crippen LogP contribution in [-0.4, -0.2) is 0 Å². The molecule has 0 aromatic heterocycles. The maximum absolute atomic E-state index is 2.31. The van der Waals surface area contributed by atoms with E-state index in [1.807, 2.05) is 0 Å². The van der Waals surface area contributed by atoms with Gasteiger partial charge in [-0.1, -0.05) is 0 Å². The molecule has 0 radical (unpaired) electrons. The Morgan fingerprint density at radius 3 is 1.95 bits per heavy atom. The molecular weight excluding hydrogens is 379 g/mol. The molecule has 0 N–H and O–H groups in total. The van der Waals surface area contributed by atoms with Gasteiger partial charge in [-0.15, -0.1) is 0 Å². The molecule has 1 heteroatoms. The van der Waals surface area contributed by atoms with Crippen molar-refractivity contribution < 1.29 is 21.2 Å². The van der Waals surface area contributed by atoms with E-state index < -0.39 is 0 Å². The number of benzene rings is 3. The molecule has 3 aromatic rings. The minimum atomic E-state index is -0.175. The van der Waals surface area contributed by atoms with Crippen LogP contribution in [0.4, 0.5) is 0 Å². The zero-order chi connectivity index (χ0) is 15.5. The number of aryl methyl sites for hydroxylation is 3. The van der Waals surface area contributed by atoms with Crippen molar-refractivity contribution in [3.63, 3.8) is 0 Å². The maximum atomic E-state index is 2.31. The fraction of sp³-hybridized carbons (Fsp3) is 0.143. The van der Waals surface area contributed by atoms with Crippen LogP contribution in [0.2, 0.25) is 0 Å². The summed E-state index contributed by atoms with van der Waals surface area (Å²) in [6, 6.07) is 24.2. The normalized spacial score (nSPS) is 10.9. The molecule has 0 fully saturated rings. The Hall–Kier alpha value is -1.61. The molecule has 0 aliphatic rings. The first-order valence-corrected chi connectivity index (χ1v) is 9.68. The quantitative estimate of drug-likeness (QED) is 0.594. The molecule has 0 unspecified atom stereocenters. The van der Waals surface area contributed by atoms with Gasteiger partial charge in [0.15, 0.2) is 0 Å². The zero-order valence-corrected chi connectivity index (χ0v) is 15.4. The van der Waals surface area contributed by atoms with E-state index in [1.54, 1.807) is 3.57 Å². The molecule has 0 atom stereocenters. The van der Waals surface area contributed by atoms with Gasteiger partial charge in [-0.3, -0.25) is 0 Å². The molecule has 0 bridgehead atoms. The average Bonchev–Trinajstić information content (AvgIpc) is 2.52. The standard InChI is InChI=1S/C21H20I/c1-15-13-16(2)21(17(3)14-15)22-20-12-8-7-11-19(20)18-9-5-4-6-10-18/h4-14H,1-3H3/q-1. The van der Waals surface area contributed by atoms with E-state index in [0.29, 0.717) is 0 Å². The number of halogens is 1. The summed E-state index contributed by atoms with van der Waals surface area (Å²) in [6.45, 7) is 6.68. The fourth-order valence-electron chi connectivity index (χ4n) is 2.81. The van der Waals surface area contributed by atoms with Crippen molar-refractivity contribution in [3.05, 3.63) is 90.6 Å². The van der Waals surface area contributed by atoms with Crippen molar-refractivity contribution in [2.24, 2.45) is 0 Å². The Bertz CT molecular complexity index is 765. The summed E-state index contributed by atoms with van der Waals surface area (Å²) in [5.74, 6) is 0. The Balaban J connectivity index is 2.04. The van der Waals surface area contributed by atoms with Gasteiger partial charge >= 0.3 is 144 Å². The topological polar surface area (TPSA) is 0 Å². The molecule has 22 heavy (non-hydrogen) atoms. The van der Waals surface area contributed by atoms with Gasteiger partial charge in [0.1, 0.15) is 0 Å². The van der Waals surface area contributed by atoms with E-state index >= 15 is 0 Å². The summed E-state index contributed by atoms with van der Waals surface area (Å²) in [6.07, 6.45) is 0. The van der Waals surface area contributed by atoms with Crippen molar-refractivity contribution in [3.8, 4) is 11.1 Å². The van der Waals surface area contributed by atoms with Crippen LogP contribution in [-0.2, 0) is 0 Å². The molecule has 0 saturated carbocycles. The molecular formula is C21H20I-. The predicted octanol–water partition coefficient (Wildman–Crippen LogP) is 2.41. The minimum absolute atomic E-state index is 0.175. The van der Waals surface area contributed by atoms with Crippen molar-refractivity contribution in [2.75, 3.05) is 0 Å². The molecule has 0 nitrogen and oxygen atoms in total. The van der Waals surface area contributed by atoms with Crippen LogP contribution < -0.4 is 21.2 Å².